The average molecular weight is 184 g/mol. The van der Waals surface area contributed by atoms with E-state index in [4.69, 9.17) is 5.11 Å². The van der Waals surface area contributed by atoms with E-state index in [0.717, 1.165) is 25.7 Å². The number of rotatable bonds is 4. The molecule has 0 saturated heterocycles. The van der Waals surface area contributed by atoms with E-state index in [9.17, 15) is 4.79 Å². The monoisotopic (exact) mass is 184 g/mol. The van der Waals surface area contributed by atoms with Crippen molar-refractivity contribution in [2.45, 2.75) is 51.9 Å². The van der Waals surface area contributed by atoms with Crippen LogP contribution in [-0.2, 0) is 4.79 Å². The minimum Gasteiger partial charge on any atom is -0.481 e. The Morgan fingerprint density at radius 1 is 1.38 bits per heavy atom. The van der Waals surface area contributed by atoms with E-state index in [1.54, 1.807) is 0 Å². The molecule has 2 nitrogen and oxygen atoms in total. The predicted octanol–water partition coefficient (Wildman–Crippen LogP) is 3.07. The molecular formula is C11H20O2. The van der Waals surface area contributed by atoms with Gasteiger partial charge in [0.2, 0.25) is 0 Å². The molecule has 0 spiro atoms. The van der Waals surface area contributed by atoms with Gasteiger partial charge in [-0.25, -0.2) is 0 Å². The molecule has 13 heavy (non-hydrogen) atoms. The molecule has 1 aliphatic rings. The Morgan fingerprint density at radius 3 is 2.46 bits per heavy atom. The number of carboxylic acid groups (broad SMARTS) is 1. The van der Waals surface area contributed by atoms with E-state index in [-0.39, 0.29) is 5.92 Å². The molecule has 0 aromatic heterocycles. The van der Waals surface area contributed by atoms with Crippen molar-refractivity contribution in [1.82, 2.24) is 0 Å². The van der Waals surface area contributed by atoms with Crippen LogP contribution in [0.4, 0.5) is 0 Å². The van der Waals surface area contributed by atoms with Crippen LogP contribution in [-0.4, -0.2) is 11.1 Å². The highest BCUT2D eigenvalue weighted by atomic mass is 16.4. The summed E-state index contributed by atoms with van der Waals surface area (Å²) in [5.74, 6) is -0.176. The lowest BCUT2D eigenvalue weighted by Crippen LogP contribution is -2.25. The lowest BCUT2D eigenvalue weighted by molar-refractivity contribution is -0.144. The summed E-state index contributed by atoms with van der Waals surface area (Å²) in [6.45, 7) is 2.07. The summed E-state index contributed by atoms with van der Waals surface area (Å²) in [5.41, 5.74) is 0. The molecule has 0 bridgehead atoms. The molecule has 0 heterocycles. The van der Waals surface area contributed by atoms with Gasteiger partial charge < -0.3 is 5.11 Å². The molecule has 1 saturated carbocycles. The molecule has 0 unspecified atom stereocenters. The molecule has 76 valence electrons. The molecule has 1 rings (SSSR count). The van der Waals surface area contributed by atoms with Crippen molar-refractivity contribution >= 4 is 5.97 Å². The summed E-state index contributed by atoms with van der Waals surface area (Å²) >= 11 is 0. The van der Waals surface area contributed by atoms with Crippen molar-refractivity contribution in [1.29, 1.82) is 0 Å². The van der Waals surface area contributed by atoms with Crippen LogP contribution in [0.5, 0.6) is 0 Å². The summed E-state index contributed by atoms with van der Waals surface area (Å²) in [6, 6.07) is 0. The van der Waals surface area contributed by atoms with Gasteiger partial charge in [0.15, 0.2) is 0 Å². The second-order valence-corrected chi connectivity index (χ2v) is 4.13. The summed E-state index contributed by atoms with van der Waals surface area (Å²) in [5, 5.41) is 9.06. The first kappa shape index (κ1) is 10.6. The Kier molecular flexibility index (Phi) is 4.26. The molecule has 1 fully saturated rings. The van der Waals surface area contributed by atoms with Gasteiger partial charge in [-0.15, -0.1) is 0 Å². The third-order valence-electron chi connectivity index (χ3n) is 3.14. The zero-order valence-corrected chi connectivity index (χ0v) is 8.46. The van der Waals surface area contributed by atoms with Crippen LogP contribution < -0.4 is 0 Å². The minimum atomic E-state index is -0.575. The van der Waals surface area contributed by atoms with Crippen LogP contribution in [0, 0.1) is 11.8 Å². The Hall–Kier alpha value is -0.530. The first-order valence-electron chi connectivity index (χ1n) is 5.48. The van der Waals surface area contributed by atoms with Gasteiger partial charge in [0.25, 0.3) is 0 Å². The van der Waals surface area contributed by atoms with E-state index >= 15 is 0 Å². The second-order valence-electron chi connectivity index (χ2n) is 4.13. The molecule has 0 aromatic rings. The fourth-order valence-electron chi connectivity index (χ4n) is 2.41. The maximum atomic E-state index is 11.0. The highest BCUT2D eigenvalue weighted by Crippen LogP contribution is 2.32. The van der Waals surface area contributed by atoms with Crippen molar-refractivity contribution in [2.24, 2.45) is 11.8 Å². The SMILES string of the molecule is CCC[C@@H](C(=O)O)C1CCCCC1. The van der Waals surface area contributed by atoms with Crippen LogP contribution >= 0.6 is 0 Å². The van der Waals surface area contributed by atoms with Gasteiger partial charge in [-0.05, 0) is 25.2 Å². The molecule has 1 aliphatic carbocycles. The average Bonchev–Trinajstić information content (AvgIpc) is 2.15. The van der Waals surface area contributed by atoms with E-state index < -0.39 is 5.97 Å². The van der Waals surface area contributed by atoms with E-state index in [1.807, 2.05) is 0 Å². The smallest absolute Gasteiger partial charge is 0.306 e. The zero-order chi connectivity index (χ0) is 9.68. The van der Waals surface area contributed by atoms with Crippen molar-refractivity contribution in [2.75, 3.05) is 0 Å². The normalized spacial score (nSPS) is 21.3. The number of carboxylic acids is 1. The fraction of sp³-hybridized carbons (Fsp3) is 0.909. The number of hydrogen-bond donors (Lipinski definition) is 1. The van der Waals surface area contributed by atoms with Crippen molar-refractivity contribution in [3.8, 4) is 0 Å². The zero-order valence-electron chi connectivity index (χ0n) is 8.46. The predicted molar refractivity (Wildman–Crippen MR) is 52.6 cm³/mol. The largest absolute Gasteiger partial charge is 0.481 e. The molecular weight excluding hydrogens is 164 g/mol. The maximum absolute atomic E-state index is 11.0. The van der Waals surface area contributed by atoms with Crippen LogP contribution in [0.1, 0.15) is 51.9 Å². The van der Waals surface area contributed by atoms with Crippen LogP contribution in [0.25, 0.3) is 0 Å². The van der Waals surface area contributed by atoms with Crippen molar-refractivity contribution < 1.29 is 9.90 Å². The van der Waals surface area contributed by atoms with Gasteiger partial charge >= 0.3 is 5.97 Å². The third-order valence-corrected chi connectivity index (χ3v) is 3.14. The van der Waals surface area contributed by atoms with E-state index in [1.165, 1.54) is 19.3 Å². The summed E-state index contributed by atoms with van der Waals surface area (Å²) in [6.07, 6.45) is 7.90. The van der Waals surface area contributed by atoms with Crippen LogP contribution in [0.3, 0.4) is 0 Å². The summed E-state index contributed by atoms with van der Waals surface area (Å²) < 4.78 is 0. The summed E-state index contributed by atoms with van der Waals surface area (Å²) in [4.78, 5) is 11.0. The van der Waals surface area contributed by atoms with E-state index in [2.05, 4.69) is 6.92 Å². The Labute approximate surface area is 80.3 Å². The summed E-state index contributed by atoms with van der Waals surface area (Å²) in [7, 11) is 0. The number of hydrogen-bond acceptors (Lipinski definition) is 1. The molecule has 0 radical (unpaired) electrons. The molecule has 0 aliphatic heterocycles. The first-order valence-corrected chi connectivity index (χ1v) is 5.48. The van der Waals surface area contributed by atoms with Crippen LogP contribution in [0.15, 0.2) is 0 Å². The molecule has 0 amide bonds. The van der Waals surface area contributed by atoms with Gasteiger partial charge in [0, 0.05) is 0 Å². The van der Waals surface area contributed by atoms with E-state index in [0.29, 0.717) is 5.92 Å². The second kappa shape index (κ2) is 5.25. The maximum Gasteiger partial charge on any atom is 0.306 e. The molecule has 2 heteroatoms. The van der Waals surface area contributed by atoms with Crippen LogP contribution in [0.2, 0.25) is 0 Å². The van der Waals surface area contributed by atoms with Gasteiger partial charge in [-0.1, -0.05) is 32.6 Å². The lowest BCUT2D eigenvalue weighted by Gasteiger charge is -2.27. The standard InChI is InChI=1S/C11H20O2/c1-2-6-10(11(12)13)9-7-4-3-5-8-9/h9-10H,2-8H2,1H3,(H,12,13)/t10-/m1/s1. The Balaban J connectivity index is 2.46. The van der Waals surface area contributed by atoms with Gasteiger partial charge in [0.1, 0.15) is 0 Å². The van der Waals surface area contributed by atoms with Gasteiger partial charge in [-0.3, -0.25) is 4.79 Å². The van der Waals surface area contributed by atoms with Gasteiger partial charge in [-0.2, -0.15) is 0 Å². The molecule has 0 aromatic carbocycles. The molecule has 1 N–H and O–H groups in total. The third kappa shape index (κ3) is 3.02. The van der Waals surface area contributed by atoms with Gasteiger partial charge in [0.05, 0.1) is 5.92 Å². The quantitative estimate of drug-likeness (QED) is 0.729. The highest BCUT2D eigenvalue weighted by Gasteiger charge is 2.28. The van der Waals surface area contributed by atoms with Crippen molar-refractivity contribution in [3.63, 3.8) is 0 Å². The number of carbonyl (C=O) groups is 1. The van der Waals surface area contributed by atoms with Crippen molar-refractivity contribution in [3.05, 3.63) is 0 Å². The molecule has 1 atom stereocenters. The highest BCUT2D eigenvalue weighted by molar-refractivity contribution is 5.70. The topological polar surface area (TPSA) is 37.3 Å². The minimum absolute atomic E-state index is 0.0645. The lowest BCUT2D eigenvalue weighted by atomic mass is 9.78. The number of aliphatic carboxylic acids is 1. The Bertz CT molecular complexity index is 159. The fourth-order valence-corrected chi connectivity index (χ4v) is 2.41. The Morgan fingerprint density at radius 2 is 2.00 bits per heavy atom. The first-order chi connectivity index (χ1) is 6.25.